The molecule has 0 saturated heterocycles. The fraction of sp³-hybridized carbons (Fsp3) is 0.174. The lowest BCUT2D eigenvalue weighted by Crippen LogP contribution is -2.14. The molecule has 0 radical (unpaired) electrons. The number of nitrogens with one attached hydrogen (secondary N) is 2. The molecule has 12 heteroatoms. The third-order valence-corrected chi connectivity index (χ3v) is 5.41. The Hall–Kier alpha value is -4.71. The van der Waals surface area contributed by atoms with Crippen molar-refractivity contribution in [2.45, 2.75) is 19.6 Å². The summed E-state index contributed by atoms with van der Waals surface area (Å²) in [7, 11) is 0. The van der Waals surface area contributed by atoms with Gasteiger partial charge in [0.15, 0.2) is 5.65 Å². The number of fused-ring (bicyclic) bond motifs is 1. The number of rotatable bonds is 10. The van der Waals surface area contributed by atoms with E-state index in [0.29, 0.717) is 30.5 Å². The molecular formula is C23H23N9O3. The van der Waals surface area contributed by atoms with Crippen LogP contribution in [0.15, 0.2) is 67.6 Å². The molecule has 0 aliphatic heterocycles. The van der Waals surface area contributed by atoms with E-state index in [0.717, 1.165) is 22.1 Å². The molecule has 0 aliphatic carbocycles. The van der Waals surface area contributed by atoms with E-state index in [4.69, 9.17) is 5.11 Å². The molecular weight excluding hydrogens is 450 g/mol. The molecule has 4 aromatic heterocycles. The second-order valence-corrected chi connectivity index (χ2v) is 7.79. The van der Waals surface area contributed by atoms with Crippen molar-refractivity contribution in [1.82, 2.24) is 34.0 Å². The maximum absolute atomic E-state index is 10.9. The topological polar surface area (TPSA) is 148 Å². The fourth-order valence-corrected chi connectivity index (χ4v) is 3.78. The van der Waals surface area contributed by atoms with E-state index < -0.39 is 5.97 Å². The third kappa shape index (κ3) is 4.82. The third-order valence-electron chi connectivity index (χ3n) is 5.41. The molecule has 5 aromatic rings. The van der Waals surface area contributed by atoms with Gasteiger partial charge in [0.2, 0.25) is 5.95 Å². The van der Waals surface area contributed by atoms with Crippen molar-refractivity contribution in [1.29, 1.82) is 0 Å². The summed E-state index contributed by atoms with van der Waals surface area (Å²) in [5, 5.41) is 26.3. The molecule has 1 aromatic carbocycles. The van der Waals surface area contributed by atoms with Gasteiger partial charge in [-0.25, -0.2) is 19.6 Å². The second-order valence-electron chi connectivity index (χ2n) is 7.79. The van der Waals surface area contributed by atoms with E-state index in [2.05, 4.69) is 30.8 Å². The van der Waals surface area contributed by atoms with Gasteiger partial charge in [-0.15, -0.1) is 0 Å². The van der Waals surface area contributed by atoms with Crippen LogP contribution in [0.25, 0.3) is 22.2 Å². The molecule has 0 unspecified atom stereocenters. The van der Waals surface area contributed by atoms with Crippen LogP contribution in [0.1, 0.15) is 5.56 Å². The van der Waals surface area contributed by atoms with Gasteiger partial charge in [0.25, 0.3) is 0 Å². The molecule has 5 rings (SSSR count). The second kappa shape index (κ2) is 9.65. The van der Waals surface area contributed by atoms with Crippen molar-refractivity contribution in [2.75, 3.05) is 17.3 Å². The summed E-state index contributed by atoms with van der Waals surface area (Å²) in [6.45, 7) is 0.799. The molecule has 0 spiro atoms. The minimum atomic E-state index is -0.936. The van der Waals surface area contributed by atoms with E-state index in [-0.39, 0.29) is 13.2 Å². The van der Waals surface area contributed by atoms with Crippen LogP contribution >= 0.6 is 0 Å². The number of carboxylic acids is 1. The van der Waals surface area contributed by atoms with Crippen molar-refractivity contribution in [2.24, 2.45) is 0 Å². The summed E-state index contributed by atoms with van der Waals surface area (Å²) in [4.78, 5) is 24.0. The van der Waals surface area contributed by atoms with E-state index in [1.165, 1.54) is 11.0 Å². The quantitative estimate of drug-likeness (QED) is 0.239. The number of hydrogen-bond donors (Lipinski definition) is 4. The summed E-state index contributed by atoms with van der Waals surface area (Å²) < 4.78 is 5.04. The Balaban J connectivity index is 1.31. The van der Waals surface area contributed by atoms with E-state index in [1.807, 2.05) is 45.8 Å². The number of anilines is 2. The van der Waals surface area contributed by atoms with Crippen LogP contribution < -0.4 is 10.7 Å². The number of hydrogen-bond acceptors (Lipinski definition) is 8. The van der Waals surface area contributed by atoms with Gasteiger partial charge in [-0.2, -0.15) is 5.10 Å². The number of aliphatic hydroxyl groups is 1. The van der Waals surface area contributed by atoms with Gasteiger partial charge in [-0.3, -0.25) is 9.48 Å². The molecule has 35 heavy (non-hydrogen) atoms. The molecule has 0 fully saturated rings. The van der Waals surface area contributed by atoms with Gasteiger partial charge < -0.3 is 25.5 Å². The molecule has 0 saturated carbocycles. The molecule has 0 atom stereocenters. The minimum absolute atomic E-state index is 0.0103. The van der Waals surface area contributed by atoms with Crippen LogP contribution in [0, 0.1) is 0 Å². The Labute approximate surface area is 199 Å². The van der Waals surface area contributed by atoms with Crippen LogP contribution in [0.2, 0.25) is 0 Å². The number of carboxylic acid groups (broad SMARTS) is 1. The smallest absolute Gasteiger partial charge is 0.325 e. The number of carbonyl (C=O) groups is 1. The largest absolute Gasteiger partial charge is 0.480 e. The fourth-order valence-electron chi connectivity index (χ4n) is 3.78. The SMILES string of the molecule is O=C(O)Cn1cc(-c2cccc(CNn3ccc4c(Nc5nccn5CCO)ncnc43)c2)cn1. The molecule has 0 amide bonds. The zero-order valence-electron chi connectivity index (χ0n) is 18.6. The molecule has 12 nitrogen and oxygen atoms in total. The van der Waals surface area contributed by atoms with Crippen LogP contribution in [0.5, 0.6) is 0 Å². The predicted octanol–water partition coefficient (Wildman–Crippen LogP) is 2.06. The number of aliphatic carboxylic acids is 1. The zero-order valence-corrected chi connectivity index (χ0v) is 18.6. The van der Waals surface area contributed by atoms with Crippen LogP contribution in [-0.4, -0.2) is 56.8 Å². The van der Waals surface area contributed by atoms with Crippen molar-refractivity contribution in [3.8, 4) is 11.1 Å². The number of benzene rings is 1. The van der Waals surface area contributed by atoms with E-state index in [1.54, 1.807) is 24.8 Å². The molecule has 178 valence electrons. The number of aromatic nitrogens is 7. The van der Waals surface area contributed by atoms with Gasteiger partial charge in [0.05, 0.1) is 24.7 Å². The highest BCUT2D eigenvalue weighted by molar-refractivity contribution is 5.88. The Morgan fingerprint density at radius 1 is 1.09 bits per heavy atom. The number of imidazole rings is 1. The molecule has 0 bridgehead atoms. The van der Waals surface area contributed by atoms with Crippen LogP contribution in [0.3, 0.4) is 0 Å². The lowest BCUT2D eigenvalue weighted by atomic mass is 10.1. The van der Waals surface area contributed by atoms with Gasteiger partial charge in [-0.1, -0.05) is 18.2 Å². The van der Waals surface area contributed by atoms with Gasteiger partial charge in [0, 0.05) is 36.9 Å². The summed E-state index contributed by atoms with van der Waals surface area (Å²) in [5.74, 6) is 0.263. The predicted molar refractivity (Wildman–Crippen MR) is 128 cm³/mol. The highest BCUT2D eigenvalue weighted by atomic mass is 16.4. The summed E-state index contributed by atoms with van der Waals surface area (Å²) >= 11 is 0. The maximum Gasteiger partial charge on any atom is 0.325 e. The van der Waals surface area contributed by atoms with Gasteiger partial charge in [0.1, 0.15) is 18.7 Å². The van der Waals surface area contributed by atoms with Gasteiger partial charge >= 0.3 is 5.97 Å². The Kier molecular flexibility index (Phi) is 6.09. The zero-order chi connectivity index (χ0) is 24.2. The lowest BCUT2D eigenvalue weighted by Gasteiger charge is -2.11. The minimum Gasteiger partial charge on any atom is -0.480 e. The normalized spacial score (nSPS) is 11.1. The van der Waals surface area contributed by atoms with Crippen LogP contribution in [-0.2, 0) is 24.4 Å². The maximum atomic E-state index is 10.9. The number of aliphatic hydroxyl groups excluding tert-OH is 1. The first kappa shape index (κ1) is 22.1. The van der Waals surface area contributed by atoms with Crippen molar-refractivity contribution < 1.29 is 15.0 Å². The Morgan fingerprint density at radius 2 is 2.00 bits per heavy atom. The highest BCUT2D eigenvalue weighted by Gasteiger charge is 2.11. The standard InChI is InChI=1S/C23H23N9O3/c33-9-8-30-7-5-24-23(30)29-21-19-4-6-32(22(19)26-15-25-21)28-11-16-2-1-3-17(10-16)18-12-27-31(13-18)14-20(34)35/h1-7,10,12-13,15,28,33H,8-9,11,14H2,(H,34,35)(H,24,25,26,29). The molecule has 4 heterocycles. The summed E-state index contributed by atoms with van der Waals surface area (Å²) in [6, 6.07) is 9.86. The van der Waals surface area contributed by atoms with E-state index in [9.17, 15) is 9.90 Å². The average molecular weight is 473 g/mol. The Bertz CT molecular complexity index is 1470. The number of nitrogens with zero attached hydrogens (tertiary/aromatic N) is 7. The summed E-state index contributed by atoms with van der Waals surface area (Å²) in [5.41, 5.74) is 6.90. The highest BCUT2D eigenvalue weighted by Crippen LogP contribution is 2.23. The molecule has 4 N–H and O–H groups in total. The van der Waals surface area contributed by atoms with Gasteiger partial charge in [-0.05, 0) is 23.3 Å². The lowest BCUT2D eigenvalue weighted by molar-refractivity contribution is -0.137. The monoisotopic (exact) mass is 473 g/mol. The average Bonchev–Trinajstić information content (AvgIpc) is 3.59. The first-order valence-electron chi connectivity index (χ1n) is 10.9. The van der Waals surface area contributed by atoms with E-state index >= 15 is 0 Å². The first-order chi connectivity index (χ1) is 17.1. The summed E-state index contributed by atoms with van der Waals surface area (Å²) in [6.07, 6.45) is 10.2. The van der Waals surface area contributed by atoms with Crippen molar-refractivity contribution in [3.63, 3.8) is 0 Å². The van der Waals surface area contributed by atoms with Crippen molar-refractivity contribution in [3.05, 3.63) is 73.2 Å². The van der Waals surface area contributed by atoms with Crippen molar-refractivity contribution >= 4 is 28.8 Å². The van der Waals surface area contributed by atoms with Crippen LogP contribution in [0.4, 0.5) is 11.8 Å². The first-order valence-corrected chi connectivity index (χ1v) is 10.9. The Morgan fingerprint density at radius 3 is 2.86 bits per heavy atom. The molecule has 0 aliphatic rings.